The molecule has 0 atom stereocenters. The van der Waals surface area contributed by atoms with Gasteiger partial charge >= 0.3 is 6.18 Å². The zero-order chi connectivity index (χ0) is 20.1. The summed E-state index contributed by atoms with van der Waals surface area (Å²) in [5, 5.41) is 5.63. The van der Waals surface area contributed by atoms with E-state index in [4.69, 9.17) is 0 Å². The summed E-state index contributed by atoms with van der Waals surface area (Å²) in [6.07, 6.45) is -1.89. The molecule has 1 saturated heterocycles. The normalized spacial score (nSPS) is 14.4. The molecule has 0 bridgehead atoms. The van der Waals surface area contributed by atoms with E-state index in [9.17, 15) is 18.0 Å². The predicted octanol–water partition coefficient (Wildman–Crippen LogP) is 4.43. The van der Waals surface area contributed by atoms with Gasteiger partial charge in [-0.1, -0.05) is 15.9 Å². The Morgan fingerprint density at radius 2 is 1.96 bits per heavy atom. The number of halogens is 4. The molecule has 1 amide bonds. The van der Waals surface area contributed by atoms with E-state index < -0.39 is 11.7 Å². The Hall–Kier alpha value is -2.36. The molecule has 10 heteroatoms. The maximum atomic E-state index is 13.3. The van der Waals surface area contributed by atoms with Crippen LogP contribution in [0, 0.1) is 0 Å². The third-order valence-electron chi connectivity index (χ3n) is 4.26. The van der Waals surface area contributed by atoms with Crippen molar-refractivity contribution >= 4 is 39.3 Å². The molecule has 150 valence electrons. The summed E-state index contributed by atoms with van der Waals surface area (Å²) in [6.45, 7) is 1.49. The molecule has 2 heterocycles. The van der Waals surface area contributed by atoms with E-state index in [1.165, 1.54) is 0 Å². The van der Waals surface area contributed by atoms with Crippen molar-refractivity contribution in [2.45, 2.75) is 25.4 Å². The maximum Gasteiger partial charge on any atom is 0.421 e. The fourth-order valence-corrected chi connectivity index (χ4v) is 3.13. The average Bonchev–Trinajstić information content (AvgIpc) is 3.05. The number of carbonyl (C=O) groups excluding carboxylic acids is 1. The Bertz CT molecular complexity index is 829. The smallest absolute Gasteiger partial charge is 0.369 e. The van der Waals surface area contributed by atoms with Crippen molar-refractivity contribution in [1.82, 2.24) is 14.9 Å². The summed E-state index contributed by atoms with van der Waals surface area (Å²) >= 11 is 3.32. The van der Waals surface area contributed by atoms with Crippen molar-refractivity contribution < 1.29 is 18.0 Å². The van der Waals surface area contributed by atoms with Crippen LogP contribution in [0.3, 0.4) is 0 Å². The topological polar surface area (TPSA) is 70.2 Å². The lowest BCUT2D eigenvalue weighted by atomic mass is 10.3. The van der Waals surface area contributed by atoms with E-state index in [-0.39, 0.29) is 24.2 Å². The standard InChI is InChI=1S/C18H19BrF3N5O/c19-12-4-6-13(7-5-12)25-17-24-11-14(18(20,21)22)16(26-17)23-8-2-10-27-9-1-3-15(27)28/h4-7,11H,1-3,8-10H2,(H2,23,24,25,26). The van der Waals surface area contributed by atoms with Gasteiger partial charge in [0, 0.05) is 42.4 Å². The van der Waals surface area contributed by atoms with Gasteiger partial charge < -0.3 is 15.5 Å². The Morgan fingerprint density at radius 3 is 2.61 bits per heavy atom. The summed E-state index contributed by atoms with van der Waals surface area (Å²) in [6, 6.07) is 7.10. The fourth-order valence-electron chi connectivity index (χ4n) is 2.86. The number of carbonyl (C=O) groups is 1. The lowest BCUT2D eigenvalue weighted by Crippen LogP contribution is -2.27. The number of anilines is 3. The maximum absolute atomic E-state index is 13.3. The van der Waals surface area contributed by atoms with Crippen LogP contribution in [0.4, 0.5) is 30.6 Å². The van der Waals surface area contributed by atoms with Gasteiger partial charge in [0.1, 0.15) is 11.4 Å². The number of nitrogens with zero attached hydrogens (tertiary/aromatic N) is 3. The summed E-state index contributed by atoms with van der Waals surface area (Å²) in [4.78, 5) is 21.1. The van der Waals surface area contributed by atoms with Crippen LogP contribution in [0.15, 0.2) is 34.9 Å². The average molecular weight is 458 g/mol. The second-order valence-corrected chi connectivity index (χ2v) is 7.27. The minimum Gasteiger partial charge on any atom is -0.369 e. The molecule has 0 spiro atoms. The first-order valence-electron chi connectivity index (χ1n) is 8.81. The van der Waals surface area contributed by atoms with Crippen molar-refractivity contribution in [3.8, 4) is 0 Å². The number of aromatic nitrogens is 2. The number of nitrogens with one attached hydrogen (secondary N) is 2. The van der Waals surface area contributed by atoms with Crippen LogP contribution in [-0.2, 0) is 11.0 Å². The van der Waals surface area contributed by atoms with Crippen molar-refractivity contribution in [2.24, 2.45) is 0 Å². The largest absolute Gasteiger partial charge is 0.421 e. The number of hydrogen-bond donors (Lipinski definition) is 2. The van der Waals surface area contributed by atoms with E-state index in [1.54, 1.807) is 29.2 Å². The van der Waals surface area contributed by atoms with E-state index >= 15 is 0 Å². The molecule has 6 nitrogen and oxygen atoms in total. The van der Waals surface area contributed by atoms with E-state index in [0.29, 0.717) is 31.6 Å². The highest BCUT2D eigenvalue weighted by molar-refractivity contribution is 9.10. The monoisotopic (exact) mass is 457 g/mol. The first-order valence-corrected chi connectivity index (χ1v) is 9.61. The van der Waals surface area contributed by atoms with Gasteiger partial charge in [0.25, 0.3) is 0 Å². The lowest BCUT2D eigenvalue weighted by molar-refractivity contribution is -0.137. The number of likely N-dealkylation sites (tertiary alicyclic amines) is 1. The number of benzene rings is 1. The van der Waals surface area contributed by atoms with Crippen molar-refractivity contribution in [2.75, 3.05) is 30.3 Å². The van der Waals surface area contributed by atoms with Crippen LogP contribution >= 0.6 is 15.9 Å². The fraction of sp³-hybridized carbons (Fsp3) is 0.389. The Morgan fingerprint density at radius 1 is 1.21 bits per heavy atom. The molecular weight excluding hydrogens is 439 g/mol. The first kappa shape index (κ1) is 20.4. The van der Waals surface area contributed by atoms with E-state index in [1.807, 2.05) is 0 Å². The van der Waals surface area contributed by atoms with Gasteiger partial charge in [-0.05, 0) is 37.1 Å². The molecule has 0 saturated carbocycles. The van der Waals surface area contributed by atoms with Gasteiger partial charge in [0.15, 0.2) is 0 Å². The molecular formula is C18H19BrF3N5O. The molecule has 0 unspecified atom stereocenters. The molecule has 2 N–H and O–H groups in total. The summed E-state index contributed by atoms with van der Waals surface area (Å²) in [5.74, 6) is -0.124. The van der Waals surface area contributed by atoms with Crippen LogP contribution in [0.1, 0.15) is 24.8 Å². The van der Waals surface area contributed by atoms with Gasteiger partial charge in [-0.3, -0.25) is 4.79 Å². The van der Waals surface area contributed by atoms with Crippen LogP contribution in [-0.4, -0.2) is 40.4 Å². The first-order chi connectivity index (χ1) is 13.3. The van der Waals surface area contributed by atoms with Gasteiger partial charge in [-0.2, -0.15) is 18.2 Å². The zero-order valence-electron chi connectivity index (χ0n) is 14.9. The molecule has 1 fully saturated rings. The number of amides is 1. The van der Waals surface area contributed by atoms with E-state index in [0.717, 1.165) is 17.1 Å². The Balaban J connectivity index is 1.67. The summed E-state index contributed by atoms with van der Waals surface area (Å²) in [7, 11) is 0. The zero-order valence-corrected chi connectivity index (χ0v) is 16.5. The molecule has 28 heavy (non-hydrogen) atoms. The highest BCUT2D eigenvalue weighted by atomic mass is 79.9. The quantitative estimate of drug-likeness (QED) is 0.602. The SMILES string of the molecule is O=C1CCCN1CCCNc1nc(Nc2ccc(Br)cc2)ncc1C(F)(F)F. The Kier molecular flexibility index (Phi) is 6.38. The minimum absolute atomic E-state index is 0.0625. The molecule has 1 aromatic carbocycles. The molecule has 0 aliphatic carbocycles. The van der Waals surface area contributed by atoms with Gasteiger partial charge in [0.2, 0.25) is 11.9 Å². The van der Waals surface area contributed by atoms with Gasteiger partial charge in [-0.15, -0.1) is 0 Å². The van der Waals surface area contributed by atoms with Gasteiger partial charge in [-0.25, -0.2) is 4.98 Å². The number of alkyl halides is 3. The number of hydrogen-bond acceptors (Lipinski definition) is 5. The predicted molar refractivity (Wildman–Crippen MR) is 103 cm³/mol. The summed E-state index contributed by atoms with van der Waals surface area (Å²) in [5.41, 5.74) is -0.271. The number of rotatable bonds is 7. The summed E-state index contributed by atoms with van der Waals surface area (Å²) < 4.78 is 40.7. The Labute approximate surface area is 168 Å². The van der Waals surface area contributed by atoms with Crippen molar-refractivity contribution in [1.29, 1.82) is 0 Å². The molecule has 1 aromatic heterocycles. The second kappa shape index (κ2) is 8.76. The lowest BCUT2D eigenvalue weighted by Gasteiger charge is -2.17. The molecule has 1 aliphatic rings. The molecule has 0 radical (unpaired) electrons. The van der Waals surface area contributed by atoms with Crippen molar-refractivity contribution in [3.63, 3.8) is 0 Å². The minimum atomic E-state index is -4.57. The van der Waals surface area contributed by atoms with Crippen LogP contribution < -0.4 is 10.6 Å². The van der Waals surface area contributed by atoms with Crippen LogP contribution in [0.25, 0.3) is 0 Å². The molecule has 2 aromatic rings. The third-order valence-corrected chi connectivity index (χ3v) is 4.79. The molecule has 3 rings (SSSR count). The van der Waals surface area contributed by atoms with Crippen molar-refractivity contribution in [3.05, 3.63) is 40.5 Å². The second-order valence-electron chi connectivity index (χ2n) is 6.35. The highest BCUT2D eigenvalue weighted by Gasteiger charge is 2.35. The van der Waals surface area contributed by atoms with Crippen LogP contribution in [0.5, 0.6) is 0 Å². The molecule has 1 aliphatic heterocycles. The van der Waals surface area contributed by atoms with Crippen LogP contribution in [0.2, 0.25) is 0 Å². The highest BCUT2D eigenvalue weighted by Crippen LogP contribution is 2.34. The van der Waals surface area contributed by atoms with E-state index in [2.05, 4.69) is 36.5 Å². The van der Waals surface area contributed by atoms with Gasteiger partial charge in [0.05, 0.1) is 0 Å². The third kappa shape index (κ3) is 5.34.